The van der Waals surface area contributed by atoms with Crippen molar-refractivity contribution in [3.8, 4) is 6.07 Å². The highest BCUT2D eigenvalue weighted by Crippen LogP contribution is 2.13. The molecular formula is C10H20N4. The molecule has 0 bridgehead atoms. The van der Waals surface area contributed by atoms with E-state index >= 15 is 0 Å². The molecule has 0 aromatic rings. The van der Waals surface area contributed by atoms with Crippen LogP contribution < -0.4 is 5.73 Å². The molecule has 1 saturated heterocycles. The van der Waals surface area contributed by atoms with E-state index in [4.69, 9.17) is 11.0 Å². The van der Waals surface area contributed by atoms with Crippen LogP contribution in [0.1, 0.15) is 12.8 Å². The number of likely N-dealkylation sites (tertiary alicyclic amines) is 1. The van der Waals surface area contributed by atoms with E-state index in [2.05, 4.69) is 30.0 Å². The minimum absolute atomic E-state index is 0.337. The number of nitriles is 1. The van der Waals surface area contributed by atoms with Gasteiger partial charge in [-0.3, -0.25) is 4.90 Å². The molecule has 4 heteroatoms. The molecule has 0 aromatic heterocycles. The van der Waals surface area contributed by atoms with E-state index in [1.54, 1.807) is 0 Å². The van der Waals surface area contributed by atoms with Gasteiger partial charge in [0.15, 0.2) is 0 Å². The van der Waals surface area contributed by atoms with Gasteiger partial charge < -0.3 is 10.6 Å². The summed E-state index contributed by atoms with van der Waals surface area (Å²) in [5, 5.41) is 8.63. The molecule has 2 atom stereocenters. The molecular weight excluding hydrogens is 176 g/mol. The monoisotopic (exact) mass is 196 g/mol. The zero-order chi connectivity index (χ0) is 10.6. The average molecular weight is 196 g/mol. The molecule has 1 fully saturated rings. The number of nitrogens with zero attached hydrogens (tertiary/aromatic N) is 3. The number of piperidine rings is 1. The first-order chi connectivity index (χ1) is 6.63. The van der Waals surface area contributed by atoms with E-state index in [1.807, 2.05) is 0 Å². The van der Waals surface area contributed by atoms with Gasteiger partial charge >= 0.3 is 0 Å². The summed E-state index contributed by atoms with van der Waals surface area (Å²) in [6, 6.07) is 2.36. The summed E-state index contributed by atoms with van der Waals surface area (Å²) < 4.78 is 0. The van der Waals surface area contributed by atoms with Crippen LogP contribution in [-0.2, 0) is 0 Å². The second-order valence-corrected chi connectivity index (χ2v) is 4.25. The first-order valence-electron chi connectivity index (χ1n) is 5.17. The Kier molecular flexibility index (Phi) is 4.33. The number of hydrogen-bond donors (Lipinski definition) is 1. The van der Waals surface area contributed by atoms with Crippen molar-refractivity contribution in [3.05, 3.63) is 0 Å². The Labute approximate surface area is 86.3 Å². The lowest BCUT2D eigenvalue weighted by atomic mass is 10.0. The first kappa shape index (κ1) is 11.4. The summed E-state index contributed by atoms with van der Waals surface area (Å²) in [4.78, 5) is 4.55. The number of rotatable bonds is 3. The van der Waals surface area contributed by atoms with Crippen LogP contribution in [0.3, 0.4) is 0 Å². The zero-order valence-electron chi connectivity index (χ0n) is 9.11. The Morgan fingerprint density at radius 3 is 2.93 bits per heavy atom. The molecule has 0 radical (unpaired) electrons. The maximum Gasteiger partial charge on any atom is 0.106 e. The van der Waals surface area contributed by atoms with E-state index in [0.29, 0.717) is 12.6 Å². The lowest BCUT2D eigenvalue weighted by molar-refractivity contribution is 0.132. The predicted molar refractivity (Wildman–Crippen MR) is 56.7 cm³/mol. The maximum atomic E-state index is 8.63. The lowest BCUT2D eigenvalue weighted by Crippen LogP contribution is -2.48. The van der Waals surface area contributed by atoms with Gasteiger partial charge in [0.25, 0.3) is 0 Å². The van der Waals surface area contributed by atoms with Gasteiger partial charge in [-0.2, -0.15) is 5.26 Å². The molecule has 1 heterocycles. The van der Waals surface area contributed by atoms with Crippen molar-refractivity contribution in [1.82, 2.24) is 9.80 Å². The zero-order valence-corrected chi connectivity index (χ0v) is 9.11. The third kappa shape index (κ3) is 3.26. The SMILES string of the molecule is CN(C)C1CCCN(CC(N)C#N)C1. The largest absolute Gasteiger partial charge is 0.315 e. The molecule has 0 saturated carbocycles. The van der Waals surface area contributed by atoms with E-state index < -0.39 is 0 Å². The quantitative estimate of drug-likeness (QED) is 0.683. The number of likely N-dealkylation sites (N-methyl/N-ethyl adjacent to an activating group) is 1. The molecule has 0 aliphatic carbocycles. The van der Waals surface area contributed by atoms with Gasteiger partial charge in [0, 0.05) is 19.1 Å². The van der Waals surface area contributed by atoms with Crippen LogP contribution in [0.2, 0.25) is 0 Å². The average Bonchev–Trinajstić information content (AvgIpc) is 2.18. The Bertz CT molecular complexity index is 209. The highest BCUT2D eigenvalue weighted by Gasteiger charge is 2.22. The fourth-order valence-electron chi connectivity index (χ4n) is 1.94. The van der Waals surface area contributed by atoms with Crippen LogP contribution in [0.5, 0.6) is 0 Å². The maximum absolute atomic E-state index is 8.63. The van der Waals surface area contributed by atoms with Crippen LogP contribution in [0.25, 0.3) is 0 Å². The summed E-state index contributed by atoms with van der Waals surface area (Å²) in [6.45, 7) is 2.84. The minimum atomic E-state index is -0.337. The molecule has 1 aliphatic heterocycles. The van der Waals surface area contributed by atoms with Crippen LogP contribution in [0.4, 0.5) is 0 Å². The van der Waals surface area contributed by atoms with E-state index in [-0.39, 0.29) is 6.04 Å². The van der Waals surface area contributed by atoms with Crippen molar-refractivity contribution in [2.24, 2.45) is 5.73 Å². The predicted octanol–water partition coefficient (Wildman–Crippen LogP) is -0.137. The molecule has 0 aromatic carbocycles. The van der Waals surface area contributed by atoms with Gasteiger partial charge in [0.2, 0.25) is 0 Å². The van der Waals surface area contributed by atoms with Crippen LogP contribution in [0.15, 0.2) is 0 Å². The smallest absolute Gasteiger partial charge is 0.106 e. The van der Waals surface area contributed by atoms with Crippen molar-refractivity contribution < 1.29 is 0 Å². The van der Waals surface area contributed by atoms with Crippen LogP contribution in [-0.4, -0.2) is 55.6 Å². The second-order valence-electron chi connectivity index (χ2n) is 4.25. The van der Waals surface area contributed by atoms with Crippen molar-refractivity contribution in [2.45, 2.75) is 24.9 Å². The highest BCUT2D eigenvalue weighted by molar-refractivity contribution is 4.90. The van der Waals surface area contributed by atoms with E-state index in [1.165, 1.54) is 12.8 Å². The van der Waals surface area contributed by atoms with Crippen molar-refractivity contribution in [3.63, 3.8) is 0 Å². The summed E-state index contributed by atoms with van der Waals surface area (Å²) in [5.41, 5.74) is 5.61. The Morgan fingerprint density at radius 1 is 1.64 bits per heavy atom. The van der Waals surface area contributed by atoms with Gasteiger partial charge in [-0.25, -0.2) is 0 Å². The summed E-state index contributed by atoms with van der Waals surface area (Å²) in [5.74, 6) is 0. The van der Waals surface area contributed by atoms with Gasteiger partial charge in [-0.1, -0.05) is 0 Å². The molecule has 2 unspecified atom stereocenters. The standard InChI is InChI=1S/C10H20N4/c1-13(2)10-4-3-5-14(8-10)7-9(12)6-11/h9-10H,3-5,7-8,12H2,1-2H3. The third-order valence-corrected chi connectivity index (χ3v) is 2.83. The Balaban J connectivity index is 2.37. The fraction of sp³-hybridized carbons (Fsp3) is 0.900. The van der Waals surface area contributed by atoms with Crippen molar-refractivity contribution >= 4 is 0 Å². The molecule has 4 nitrogen and oxygen atoms in total. The summed E-state index contributed by atoms with van der Waals surface area (Å²) >= 11 is 0. The number of nitrogens with two attached hydrogens (primary N) is 1. The lowest BCUT2D eigenvalue weighted by Gasteiger charge is -2.36. The first-order valence-corrected chi connectivity index (χ1v) is 5.17. The molecule has 2 N–H and O–H groups in total. The topological polar surface area (TPSA) is 56.3 Å². The minimum Gasteiger partial charge on any atom is -0.315 e. The van der Waals surface area contributed by atoms with Gasteiger partial charge in [-0.05, 0) is 33.5 Å². The van der Waals surface area contributed by atoms with Gasteiger partial charge in [-0.15, -0.1) is 0 Å². The third-order valence-electron chi connectivity index (χ3n) is 2.83. The van der Waals surface area contributed by atoms with Crippen molar-refractivity contribution in [2.75, 3.05) is 33.7 Å². The Morgan fingerprint density at radius 2 is 2.36 bits per heavy atom. The summed E-state index contributed by atoms with van der Waals surface area (Å²) in [7, 11) is 4.22. The highest BCUT2D eigenvalue weighted by atomic mass is 15.2. The van der Waals surface area contributed by atoms with E-state index in [0.717, 1.165) is 13.1 Å². The van der Waals surface area contributed by atoms with Gasteiger partial charge in [0.1, 0.15) is 6.04 Å². The fourth-order valence-corrected chi connectivity index (χ4v) is 1.94. The molecule has 80 valence electrons. The molecule has 14 heavy (non-hydrogen) atoms. The van der Waals surface area contributed by atoms with Crippen LogP contribution in [0, 0.1) is 11.3 Å². The molecule has 1 aliphatic rings. The van der Waals surface area contributed by atoms with E-state index in [9.17, 15) is 0 Å². The van der Waals surface area contributed by atoms with Crippen LogP contribution >= 0.6 is 0 Å². The molecule has 1 rings (SSSR count). The molecule has 0 spiro atoms. The number of hydrogen-bond acceptors (Lipinski definition) is 4. The summed E-state index contributed by atoms with van der Waals surface area (Å²) in [6.07, 6.45) is 2.46. The molecule has 0 amide bonds. The second kappa shape index (κ2) is 5.30. The normalized spacial score (nSPS) is 26.1. The van der Waals surface area contributed by atoms with Crippen molar-refractivity contribution in [1.29, 1.82) is 5.26 Å². The Hall–Kier alpha value is -0.630. The van der Waals surface area contributed by atoms with Gasteiger partial charge in [0.05, 0.1) is 6.07 Å².